The highest BCUT2D eigenvalue weighted by Gasteiger charge is 2.37. The van der Waals surface area contributed by atoms with Crippen molar-refractivity contribution in [2.45, 2.75) is 13.8 Å². The minimum Gasteiger partial charge on any atom is -0.496 e. The maximum absolute atomic E-state index is 12.7. The average molecular weight is 399 g/mol. The topological polar surface area (TPSA) is 72.9 Å². The molecule has 0 aromatic heterocycles. The van der Waals surface area contributed by atoms with Gasteiger partial charge in [0.15, 0.2) is 0 Å². The monoisotopic (exact) mass is 399 g/mol. The lowest BCUT2D eigenvalue weighted by Gasteiger charge is -2.13. The molecule has 0 saturated carbocycles. The molecule has 2 aromatic rings. The summed E-state index contributed by atoms with van der Waals surface area (Å²) < 4.78 is 10.5. The molecule has 1 saturated heterocycles. The van der Waals surface area contributed by atoms with Crippen molar-refractivity contribution in [3.63, 3.8) is 0 Å². The van der Waals surface area contributed by atoms with E-state index in [0.717, 1.165) is 27.4 Å². The highest BCUT2D eigenvalue weighted by atomic mass is 32.2. The van der Waals surface area contributed by atoms with Crippen LogP contribution < -0.4 is 4.74 Å². The summed E-state index contributed by atoms with van der Waals surface area (Å²) in [5.41, 5.74) is 0.716. The van der Waals surface area contributed by atoms with Gasteiger partial charge in [-0.2, -0.15) is 0 Å². The van der Waals surface area contributed by atoms with Crippen LogP contribution in [0.2, 0.25) is 0 Å². The molecule has 7 heteroatoms. The summed E-state index contributed by atoms with van der Waals surface area (Å²) in [7, 11) is 1.55. The molecule has 0 N–H and O–H groups in total. The molecule has 1 heterocycles. The molecule has 2 amide bonds. The number of benzene rings is 2. The smallest absolute Gasteiger partial charge is 0.326 e. The molecule has 2 aromatic carbocycles. The summed E-state index contributed by atoms with van der Waals surface area (Å²) in [6.45, 7) is 3.68. The SMILES string of the molecule is COc1ccc2ccccc2c1/C=C1/SC(=O)N(CC(=O)OCC(C)C)C1=O. The van der Waals surface area contributed by atoms with E-state index in [2.05, 4.69) is 0 Å². The largest absolute Gasteiger partial charge is 0.496 e. The Morgan fingerprint density at radius 3 is 2.64 bits per heavy atom. The molecule has 1 fully saturated rings. The van der Waals surface area contributed by atoms with Gasteiger partial charge in [-0.15, -0.1) is 0 Å². The van der Waals surface area contributed by atoms with Gasteiger partial charge in [-0.05, 0) is 40.6 Å². The lowest BCUT2D eigenvalue weighted by molar-refractivity contribution is -0.147. The number of methoxy groups -OCH3 is 1. The Kier molecular flexibility index (Phi) is 6.04. The summed E-state index contributed by atoms with van der Waals surface area (Å²) >= 11 is 0.806. The third-order valence-corrected chi connectivity index (χ3v) is 5.07. The second-order valence-corrected chi connectivity index (χ2v) is 7.74. The molecule has 1 aliphatic heterocycles. The van der Waals surface area contributed by atoms with Crippen molar-refractivity contribution in [1.29, 1.82) is 0 Å². The van der Waals surface area contributed by atoms with Crippen LogP contribution >= 0.6 is 11.8 Å². The van der Waals surface area contributed by atoms with Crippen molar-refractivity contribution < 1.29 is 23.9 Å². The number of hydrogen-bond acceptors (Lipinski definition) is 6. The first-order chi connectivity index (χ1) is 13.4. The molecule has 0 unspecified atom stereocenters. The van der Waals surface area contributed by atoms with Gasteiger partial charge in [0.05, 0.1) is 18.6 Å². The molecule has 1 aliphatic rings. The van der Waals surface area contributed by atoms with Gasteiger partial charge in [-0.1, -0.05) is 44.2 Å². The van der Waals surface area contributed by atoms with E-state index in [9.17, 15) is 14.4 Å². The minimum atomic E-state index is -0.597. The number of carbonyl (C=O) groups excluding carboxylic acids is 3. The molecule has 146 valence electrons. The number of amides is 2. The normalized spacial score (nSPS) is 15.7. The first-order valence-electron chi connectivity index (χ1n) is 8.87. The van der Waals surface area contributed by atoms with Crippen LogP contribution in [0.4, 0.5) is 4.79 Å². The number of nitrogens with zero attached hydrogens (tertiary/aromatic N) is 1. The van der Waals surface area contributed by atoms with Crippen LogP contribution in [-0.2, 0) is 14.3 Å². The molecule has 6 nitrogen and oxygen atoms in total. The molecule has 0 bridgehead atoms. The summed E-state index contributed by atoms with van der Waals surface area (Å²) in [6.07, 6.45) is 1.64. The van der Waals surface area contributed by atoms with Gasteiger partial charge in [0, 0.05) is 5.56 Å². The van der Waals surface area contributed by atoms with Crippen LogP contribution in [0.15, 0.2) is 41.3 Å². The Labute approximate surface area is 167 Å². The van der Waals surface area contributed by atoms with Gasteiger partial charge < -0.3 is 9.47 Å². The molecule has 3 rings (SSSR count). The Hall–Kier alpha value is -2.80. The van der Waals surface area contributed by atoms with Crippen molar-refractivity contribution in [2.75, 3.05) is 20.3 Å². The number of rotatable bonds is 6. The van der Waals surface area contributed by atoms with Crippen LogP contribution in [-0.4, -0.2) is 42.3 Å². The van der Waals surface area contributed by atoms with Crippen LogP contribution in [0.5, 0.6) is 5.75 Å². The lowest BCUT2D eigenvalue weighted by Crippen LogP contribution is -2.34. The van der Waals surface area contributed by atoms with Crippen molar-refractivity contribution in [2.24, 2.45) is 5.92 Å². The van der Waals surface area contributed by atoms with Crippen molar-refractivity contribution in [3.05, 3.63) is 46.9 Å². The molecule has 0 radical (unpaired) electrons. The quantitative estimate of drug-likeness (QED) is 0.538. The predicted octanol–water partition coefficient (Wildman–Crippen LogP) is 4.08. The van der Waals surface area contributed by atoms with Crippen LogP contribution in [0.1, 0.15) is 19.4 Å². The summed E-state index contributed by atoms with van der Waals surface area (Å²) in [5, 5.41) is 1.41. The Morgan fingerprint density at radius 1 is 1.18 bits per heavy atom. The molecular weight excluding hydrogens is 378 g/mol. The number of imide groups is 1. The second-order valence-electron chi connectivity index (χ2n) is 6.75. The van der Waals surface area contributed by atoms with Gasteiger partial charge in [-0.25, -0.2) is 0 Å². The number of fused-ring (bicyclic) bond motifs is 1. The van der Waals surface area contributed by atoms with E-state index < -0.39 is 17.1 Å². The zero-order valence-electron chi connectivity index (χ0n) is 15.9. The zero-order chi connectivity index (χ0) is 20.3. The second kappa shape index (κ2) is 8.48. The molecular formula is C21H21NO5S. The molecule has 0 atom stereocenters. The van der Waals surface area contributed by atoms with Gasteiger partial charge in [-0.3, -0.25) is 19.3 Å². The third kappa shape index (κ3) is 4.20. The van der Waals surface area contributed by atoms with Crippen LogP contribution in [0, 0.1) is 5.92 Å². The Bertz CT molecular complexity index is 966. The van der Waals surface area contributed by atoms with E-state index in [0.29, 0.717) is 11.3 Å². The minimum absolute atomic E-state index is 0.178. The van der Waals surface area contributed by atoms with Crippen molar-refractivity contribution in [3.8, 4) is 5.75 Å². The average Bonchev–Trinajstić information content (AvgIpc) is 2.94. The third-order valence-electron chi connectivity index (χ3n) is 4.16. The first-order valence-corrected chi connectivity index (χ1v) is 9.69. The fourth-order valence-corrected chi connectivity index (χ4v) is 3.62. The lowest BCUT2D eigenvalue weighted by atomic mass is 10.0. The van der Waals surface area contributed by atoms with E-state index in [1.807, 2.05) is 50.2 Å². The van der Waals surface area contributed by atoms with Crippen molar-refractivity contribution >= 4 is 45.7 Å². The number of carbonyl (C=O) groups is 3. The summed E-state index contributed by atoms with van der Waals surface area (Å²) in [6, 6.07) is 11.5. The van der Waals surface area contributed by atoms with E-state index >= 15 is 0 Å². The summed E-state index contributed by atoms with van der Waals surface area (Å²) in [4.78, 5) is 38.0. The maximum Gasteiger partial charge on any atom is 0.326 e. The number of esters is 1. The maximum atomic E-state index is 12.7. The number of thioether (sulfide) groups is 1. The Morgan fingerprint density at radius 2 is 1.93 bits per heavy atom. The zero-order valence-corrected chi connectivity index (χ0v) is 16.7. The van der Waals surface area contributed by atoms with Gasteiger partial charge in [0.2, 0.25) is 0 Å². The van der Waals surface area contributed by atoms with E-state index in [1.165, 1.54) is 0 Å². The summed E-state index contributed by atoms with van der Waals surface area (Å²) in [5.74, 6) is -0.328. The Balaban J connectivity index is 1.88. The molecule has 0 spiro atoms. The van der Waals surface area contributed by atoms with Gasteiger partial charge in [0.1, 0.15) is 12.3 Å². The standard InChI is InChI=1S/C21H21NO5S/c1-13(2)12-27-19(23)11-22-20(24)18(28-21(22)25)10-16-15-7-5-4-6-14(15)8-9-17(16)26-3/h4-10,13H,11-12H2,1-3H3/b18-10+. The molecule has 0 aliphatic carbocycles. The highest BCUT2D eigenvalue weighted by molar-refractivity contribution is 8.18. The van der Waals surface area contributed by atoms with E-state index in [1.54, 1.807) is 13.2 Å². The molecule has 28 heavy (non-hydrogen) atoms. The van der Waals surface area contributed by atoms with Gasteiger partial charge >= 0.3 is 5.97 Å². The number of hydrogen-bond donors (Lipinski definition) is 0. The fraction of sp³-hybridized carbons (Fsp3) is 0.286. The van der Waals surface area contributed by atoms with Crippen LogP contribution in [0.25, 0.3) is 16.8 Å². The fourth-order valence-electron chi connectivity index (χ4n) is 2.80. The highest BCUT2D eigenvalue weighted by Crippen LogP contribution is 2.36. The van der Waals surface area contributed by atoms with Crippen molar-refractivity contribution in [1.82, 2.24) is 4.90 Å². The number of ether oxygens (including phenoxy) is 2. The predicted molar refractivity (Wildman–Crippen MR) is 109 cm³/mol. The first kappa shape index (κ1) is 19.9. The van der Waals surface area contributed by atoms with E-state index in [4.69, 9.17) is 9.47 Å². The van der Waals surface area contributed by atoms with Gasteiger partial charge in [0.25, 0.3) is 11.1 Å². The van der Waals surface area contributed by atoms with E-state index in [-0.39, 0.29) is 24.0 Å². The van der Waals surface area contributed by atoms with Crippen LogP contribution in [0.3, 0.4) is 0 Å².